The molecule has 0 saturated carbocycles. The van der Waals surface area contributed by atoms with Gasteiger partial charge in [0.2, 0.25) is 0 Å². The van der Waals surface area contributed by atoms with Gasteiger partial charge in [0.05, 0.1) is 0 Å². The topological polar surface area (TPSA) is 12.0 Å². The first-order chi connectivity index (χ1) is 9.06. The third-order valence-electron chi connectivity index (χ3n) is 3.24. The summed E-state index contributed by atoms with van der Waals surface area (Å²) in [6.45, 7) is 4.61. The molecule has 0 amide bonds. The smallest absolute Gasteiger partial charge is 0.126 e. The highest BCUT2D eigenvalue weighted by atomic mass is 19.1. The molecule has 2 aromatic carbocycles. The summed E-state index contributed by atoms with van der Waals surface area (Å²) < 4.78 is 26.3. The van der Waals surface area contributed by atoms with E-state index in [0.717, 1.165) is 6.07 Å². The van der Waals surface area contributed by atoms with E-state index in [1.165, 1.54) is 23.3 Å². The highest BCUT2D eigenvalue weighted by Gasteiger charge is 2.08. The van der Waals surface area contributed by atoms with Crippen LogP contribution in [0.4, 0.5) is 8.78 Å². The first-order valence-electron chi connectivity index (χ1n) is 6.30. The van der Waals surface area contributed by atoms with Crippen molar-refractivity contribution >= 4 is 0 Å². The molecule has 3 heteroatoms. The maximum Gasteiger partial charge on any atom is 0.126 e. The van der Waals surface area contributed by atoms with E-state index in [2.05, 4.69) is 5.32 Å². The number of rotatable bonds is 4. The predicted molar refractivity (Wildman–Crippen MR) is 72.8 cm³/mol. The zero-order valence-corrected chi connectivity index (χ0v) is 11.1. The summed E-state index contributed by atoms with van der Waals surface area (Å²) in [6.07, 6.45) is 0. The van der Waals surface area contributed by atoms with Gasteiger partial charge < -0.3 is 5.32 Å². The molecule has 1 unspecified atom stereocenters. The monoisotopic (exact) mass is 261 g/mol. The van der Waals surface area contributed by atoms with Crippen molar-refractivity contribution in [2.24, 2.45) is 0 Å². The molecule has 19 heavy (non-hydrogen) atoms. The molecule has 1 nitrogen and oxygen atoms in total. The van der Waals surface area contributed by atoms with Crippen LogP contribution in [-0.2, 0) is 6.54 Å². The SMILES string of the molecule is Cc1ccccc1CNC(C)c1cc(F)cc(F)c1. The van der Waals surface area contributed by atoms with Crippen molar-refractivity contribution in [1.82, 2.24) is 5.32 Å². The maximum atomic E-state index is 13.1. The zero-order valence-electron chi connectivity index (χ0n) is 11.1. The molecule has 0 bridgehead atoms. The Bertz CT molecular complexity index is 546. The normalized spacial score (nSPS) is 12.4. The van der Waals surface area contributed by atoms with Crippen LogP contribution in [0.5, 0.6) is 0 Å². The van der Waals surface area contributed by atoms with Crippen molar-refractivity contribution in [2.45, 2.75) is 26.4 Å². The van der Waals surface area contributed by atoms with E-state index in [9.17, 15) is 8.78 Å². The molecule has 0 aromatic heterocycles. The van der Waals surface area contributed by atoms with Crippen LogP contribution in [0.3, 0.4) is 0 Å². The molecule has 0 aliphatic rings. The molecule has 1 atom stereocenters. The average Bonchev–Trinajstić information content (AvgIpc) is 2.36. The van der Waals surface area contributed by atoms with E-state index in [1.54, 1.807) is 0 Å². The van der Waals surface area contributed by atoms with E-state index >= 15 is 0 Å². The van der Waals surface area contributed by atoms with Gasteiger partial charge in [-0.3, -0.25) is 0 Å². The minimum absolute atomic E-state index is 0.107. The van der Waals surface area contributed by atoms with Gasteiger partial charge in [-0.25, -0.2) is 8.78 Å². The van der Waals surface area contributed by atoms with Gasteiger partial charge in [0.1, 0.15) is 11.6 Å². The Hall–Kier alpha value is -1.74. The molecule has 100 valence electrons. The Balaban J connectivity index is 2.05. The predicted octanol–water partition coefficient (Wildman–Crippen LogP) is 4.12. The Labute approximate surface area is 112 Å². The van der Waals surface area contributed by atoms with Gasteiger partial charge in [-0.05, 0) is 42.7 Å². The fourth-order valence-electron chi connectivity index (χ4n) is 2.01. The van der Waals surface area contributed by atoms with E-state index in [0.29, 0.717) is 12.1 Å². The standard InChI is InChI=1S/C16H17F2N/c1-11-5-3-4-6-13(11)10-19-12(2)14-7-15(17)9-16(18)8-14/h3-9,12,19H,10H2,1-2H3. The molecule has 0 radical (unpaired) electrons. The molecule has 0 spiro atoms. The summed E-state index contributed by atoms with van der Waals surface area (Å²) in [5.41, 5.74) is 3.00. The molecular formula is C16H17F2N. The Morgan fingerprint density at radius 2 is 1.68 bits per heavy atom. The van der Waals surface area contributed by atoms with E-state index in [-0.39, 0.29) is 6.04 Å². The minimum Gasteiger partial charge on any atom is -0.306 e. The lowest BCUT2D eigenvalue weighted by Crippen LogP contribution is -2.19. The van der Waals surface area contributed by atoms with E-state index < -0.39 is 11.6 Å². The van der Waals surface area contributed by atoms with Crippen LogP contribution in [0.2, 0.25) is 0 Å². The van der Waals surface area contributed by atoms with Crippen molar-refractivity contribution in [3.05, 3.63) is 70.8 Å². The largest absolute Gasteiger partial charge is 0.306 e. The maximum absolute atomic E-state index is 13.1. The van der Waals surface area contributed by atoms with Crippen LogP contribution < -0.4 is 5.32 Å². The fraction of sp³-hybridized carbons (Fsp3) is 0.250. The molecule has 0 aliphatic heterocycles. The summed E-state index contributed by atoms with van der Waals surface area (Å²) in [4.78, 5) is 0. The molecular weight excluding hydrogens is 244 g/mol. The summed E-state index contributed by atoms with van der Waals surface area (Å²) in [5.74, 6) is -1.08. The second-order valence-electron chi connectivity index (χ2n) is 4.73. The van der Waals surface area contributed by atoms with Crippen LogP contribution in [0.1, 0.15) is 29.7 Å². The van der Waals surface area contributed by atoms with Crippen molar-refractivity contribution < 1.29 is 8.78 Å². The van der Waals surface area contributed by atoms with Gasteiger partial charge in [-0.2, -0.15) is 0 Å². The molecule has 0 aliphatic carbocycles. The van der Waals surface area contributed by atoms with Gasteiger partial charge in [-0.1, -0.05) is 24.3 Å². The van der Waals surface area contributed by atoms with Gasteiger partial charge in [0.25, 0.3) is 0 Å². The molecule has 2 aromatic rings. The van der Waals surface area contributed by atoms with Gasteiger partial charge in [0.15, 0.2) is 0 Å². The summed E-state index contributed by atoms with van der Waals surface area (Å²) in [5, 5.41) is 3.28. The van der Waals surface area contributed by atoms with Crippen LogP contribution >= 0.6 is 0 Å². The fourth-order valence-corrected chi connectivity index (χ4v) is 2.01. The Morgan fingerprint density at radius 3 is 2.32 bits per heavy atom. The Kier molecular flexibility index (Phi) is 4.27. The number of hydrogen-bond donors (Lipinski definition) is 1. The first kappa shape index (κ1) is 13.7. The number of nitrogens with one attached hydrogen (secondary N) is 1. The van der Waals surface area contributed by atoms with Crippen LogP contribution in [-0.4, -0.2) is 0 Å². The highest BCUT2D eigenvalue weighted by molar-refractivity contribution is 5.26. The van der Waals surface area contributed by atoms with Gasteiger partial charge in [-0.15, -0.1) is 0 Å². The summed E-state index contributed by atoms with van der Waals surface area (Å²) in [6, 6.07) is 11.6. The van der Waals surface area contributed by atoms with Crippen molar-refractivity contribution in [3.63, 3.8) is 0 Å². The van der Waals surface area contributed by atoms with Crippen LogP contribution in [0, 0.1) is 18.6 Å². The molecule has 0 heterocycles. The molecule has 0 saturated heterocycles. The number of benzene rings is 2. The summed E-state index contributed by atoms with van der Waals surface area (Å²) >= 11 is 0. The van der Waals surface area contributed by atoms with E-state index in [1.807, 2.05) is 38.1 Å². The average molecular weight is 261 g/mol. The van der Waals surface area contributed by atoms with E-state index in [4.69, 9.17) is 0 Å². The lowest BCUT2D eigenvalue weighted by Gasteiger charge is -2.15. The third kappa shape index (κ3) is 3.61. The summed E-state index contributed by atoms with van der Waals surface area (Å²) in [7, 11) is 0. The first-order valence-corrected chi connectivity index (χ1v) is 6.30. The highest BCUT2D eigenvalue weighted by Crippen LogP contribution is 2.17. The van der Waals surface area contributed by atoms with Crippen LogP contribution in [0.25, 0.3) is 0 Å². The number of hydrogen-bond acceptors (Lipinski definition) is 1. The lowest BCUT2D eigenvalue weighted by molar-refractivity contribution is 0.545. The van der Waals surface area contributed by atoms with Crippen molar-refractivity contribution in [3.8, 4) is 0 Å². The lowest BCUT2D eigenvalue weighted by atomic mass is 10.1. The molecule has 0 fully saturated rings. The molecule has 1 N–H and O–H groups in total. The number of halogens is 2. The minimum atomic E-state index is -0.542. The van der Waals surface area contributed by atoms with Gasteiger partial charge in [0, 0.05) is 18.7 Å². The van der Waals surface area contributed by atoms with Crippen LogP contribution in [0.15, 0.2) is 42.5 Å². The quantitative estimate of drug-likeness (QED) is 0.872. The number of aryl methyl sites for hydroxylation is 1. The van der Waals surface area contributed by atoms with Gasteiger partial charge >= 0.3 is 0 Å². The third-order valence-corrected chi connectivity index (χ3v) is 3.24. The zero-order chi connectivity index (χ0) is 13.8. The molecule has 2 rings (SSSR count). The Morgan fingerprint density at radius 1 is 1.05 bits per heavy atom. The van der Waals surface area contributed by atoms with Crippen molar-refractivity contribution in [1.29, 1.82) is 0 Å². The second-order valence-corrected chi connectivity index (χ2v) is 4.73. The van der Waals surface area contributed by atoms with Crippen molar-refractivity contribution in [2.75, 3.05) is 0 Å². The second kappa shape index (κ2) is 5.93.